The first-order valence-corrected chi connectivity index (χ1v) is 5.79. The van der Waals surface area contributed by atoms with Crippen molar-refractivity contribution in [3.63, 3.8) is 0 Å². The molecule has 2 N–H and O–H groups in total. The molecular formula is C12H17NO3. The van der Waals surface area contributed by atoms with E-state index >= 15 is 0 Å². The molecule has 1 aromatic heterocycles. The summed E-state index contributed by atoms with van der Waals surface area (Å²) in [7, 11) is 0. The molecule has 1 atom stereocenters. The molecule has 0 bridgehead atoms. The molecule has 0 aliphatic heterocycles. The van der Waals surface area contributed by atoms with Gasteiger partial charge in [-0.05, 0) is 31.9 Å². The van der Waals surface area contributed by atoms with Gasteiger partial charge < -0.3 is 14.8 Å². The number of carboxylic acid groups (broad SMARTS) is 1. The minimum atomic E-state index is -0.727. The van der Waals surface area contributed by atoms with E-state index in [1.807, 2.05) is 6.07 Å². The molecule has 0 amide bonds. The minimum absolute atomic E-state index is 0.234. The number of carboxylic acids is 1. The number of nitrogens with one attached hydrogen (secondary N) is 1. The average Bonchev–Trinajstić information content (AvgIpc) is 2.72. The quantitative estimate of drug-likeness (QED) is 0.750. The topological polar surface area (TPSA) is 62.5 Å². The van der Waals surface area contributed by atoms with Gasteiger partial charge in [-0.25, -0.2) is 0 Å². The Labute approximate surface area is 94.6 Å². The van der Waals surface area contributed by atoms with Crippen molar-refractivity contribution in [2.45, 2.75) is 38.1 Å². The monoisotopic (exact) mass is 223 g/mol. The zero-order valence-corrected chi connectivity index (χ0v) is 9.24. The highest BCUT2D eigenvalue weighted by Gasteiger charge is 2.21. The van der Waals surface area contributed by atoms with Gasteiger partial charge in [-0.3, -0.25) is 4.79 Å². The number of furan rings is 1. The lowest BCUT2D eigenvalue weighted by Crippen LogP contribution is -2.25. The van der Waals surface area contributed by atoms with E-state index in [0.717, 1.165) is 31.6 Å². The summed E-state index contributed by atoms with van der Waals surface area (Å²) >= 11 is 0. The lowest BCUT2D eigenvalue weighted by Gasteiger charge is -2.22. The zero-order chi connectivity index (χ0) is 11.4. The molecule has 0 saturated heterocycles. The largest absolute Gasteiger partial charge is 0.481 e. The van der Waals surface area contributed by atoms with Gasteiger partial charge >= 0.3 is 5.97 Å². The third-order valence-electron chi connectivity index (χ3n) is 3.01. The number of hydrogen-bond donors (Lipinski definition) is 2. The van der Waals surface area contributed by atoms with E-state index < -0.39 is 5.97 Å². The molecule has 2 rings (SSSR count). The molecule has 1 unspecified atom stereocenters. The first kappa shape index (κ1) is 11.2. The smallest absolute Gasteiger partial charge is 0.303 e. The van der Waals surface area contributed by atoms with E-state index in [0.29, 0.717) is 12.5 Å². The van der Waals surface area contributed by atoms with Gasteiger partial charge in [-0.15, -0.1) is 0 Å². The van der Waals surface area contributed by atoms with Crippen LogP contribution in [0.25, 0.3) is 0 Å². The van der Waals surface area contributed by atoms with E-state index in [-0.39, 0.29) is 6.42 Å². The third-order valence-corrected chi connectivity index (χ3v) is 3.01. The van der Waals surface area contributed by atoms with Gasteiger partial charge in [-0.1, -0.05) is 0 Å². The van der Waals surface area contributed by atoms with Crippen LogP contribution >= 0.6 is 0 Å². The summed E-state index contributed by atoms with van der Waals surface area (Å²) in [5.41, 5.74) is 1.25. The molecule has 0 saturated carbocycles. The maximum atomic E-state index is 10.4. The highest BCUT2D eigenvalue weighted by atomic mass is 16.4. The Morgan fingerprint density at radius 3 is 3.31 bits per heavy atom. The van der Waals surface area contributed by atoms with Gasteiger partial charge in [-0.2, -0.15) is 0 Å². The van der Waals surface area contributed by atoms with Crippen molar-refractivity contribution in [3.05, 3.63) is 23.7 Å². The van der Waals surface area contributed by atoms with Gasteiger partial charge in [0.05, 0.1) is 6.26 Å². The molecule has 0 radical (unpaired) electrons. The summed E-state index contributed by atoms with van der Waals surface area (Å²) in [5.74, 6) is 0.358. The second-order valence-electron chi connectivity index (χ2n) is 4.20. The lowest BCUT2D eigenvalue weighted by molar-refractivity contribution is -0.137. The normalized spacial score (nSPS) is 19.4. The Morgan fingerprint density at radius 1 is 1.62 bits per heavy atom. The SMILES string of the molecule is O=C(O)CCCNC1CCCc2occc21. The molecular weight excluding hydrogens is 206 g/mol. The standard InChI is InChI=1S/C12H17NO3/c14-12(15)5-2-7-13-10-3-1-4-11-9(10)6-8-16-11/h6,8,10,13H,1-5,7H2,(H,14,15). The fourth-order valence-electron chi connectivity index (χ4n) is 2.21. The molecule has 0 aromatic carbocycles. The summed E-state index contributed by atoms with van der Waals surface area (Å²) < 4.78 is 5.40. The summed E-state index contributed by atoms with van der Waals surface area (Å²) in [4.78, 5) is 10.4. The van der Waals surface area contributed by atoms with Crippen LogP contribution < -0.4 is 5.32 Å². The minimum Gasteiger partial charge on any atom is -0.481 e. The van der Waals surface area contributed by atoms with E-state index in [9.17, 15) is 4.79 Å². The molecule has 1 aromatic rings. The number of aryl methyl sites for hydroxylation is 1. The van der Waals surface area contributed by atoms with Crippen LogP contribution in [0.15, 0.2) is 16.7 Å². The Bertz CT molecular complexity index is 359. The molecule has 4 heteroatoms. The van der Waals surface area contributed by atoms with Crippen LogP contribution in [0.5, 0.6) is 0 Å². The van der Waals surface area contributed by atoms with E-state index in [1.54, 1.807) is 6.26 Å². The number of carbonyl (C=O) groups is 1. The molecule has 0 fully saturated rings. The maximum absolute atomic E-state index is 10.4. The number of hydrogen-bond acceptors (Lipinski definition) is 3. The van der Waals surface area contributed by atoms with Crippen LogP contribution in [0, 0.1) is 0 Å². The molecule has 1 aliphatic carbocycles. The molecule has 4 nitrogen and oxygen atoms in total. The van der Waals surface area contributed by atoms with Crippen molar-refractivity contribution in [2.75, 3.05) is 6.54 Å². The summed E-state index contributed by atoms with van der Waals surface area (Å²) in [6.45, 7) is 0.752. The van der Waals surface area contributed by atoms with Crippen LogP contribution in [0.2, 0.25) is 0 Å². The predicted octanol–water partition coefficient (Wildman–Crippen LogP) is 2.11. The maximum Gasteiger partial charge on any atom is 0.303 e. The van der Waals surface area contributed by atoms with Crippen LogP contribution in [0.3, 0.4) is 0 Å². The molecule has 0 spiro atoms. The van der Waals surface area contributed by atoms with E-state index in [2.05, 4.69) is 5.32 Å². The van der Waals surface area contributed by atoms with Gasteiger partial charge in [0.2, 0.25) is 0 Å². The van der Waals surface area contributed by atoms with Crippen molar-refractivity contribution in [2.24, 2.45) is 0 Å². The fraction of sp³-hybridized carbons (Fsp3) is 0.583. The van der Waals surface area contributed by atoms with Crippen LogP contribution in [0.4, 0.5) is 0 Å². The van der Waals surface area contributed by atoms with Crippen molar-refractivity contribution in [1.29, 1.82) is 0 Å². The predicted molar refractivity (Wildman–Crippen MR) is 59.3 cm³/mol. The first-order chi connectivity index (χ1) is 7.77. The van der Waals surface area contributed by atoms with Gasteiger partial charge in [0.1, 0.15) is 5.76 Å². The number of aliphatic carboxylic acids is 1. The molecule has 1 heterocycles. The molecule has 88 valence electrons. The first-order valence-electron chi connectivity index (χ1n) is 5.79. The van der Waals surface area contributed by atoms with Crippen molar-refractivity contribution < 1.29 is 14.3 Å². The van der Waals surface area contributed by atoms with Crippen molar-refractivity contribution in [3.8, 4) is 0 Å². The van der Waals surface area contributed by atoms with Crippen molar-refractivity contribution >= 4 is 5.97 Å². The second kappa shape index (κ2) is 5.16. The zero-order valence-electron chi connectivity index (χ0n) is 9.24. The lowest BCUT2D eigenvalue weighted by atomic mass is 9.93. The number of rotatable bonds is 5. The van der Waals surface area contributed by atoms with E-state index in [1.165, 1.54) is 5.56 Å². The van der Waals surface area contributed by atoms with Crippen LogP contribution in [0.1, 0.15) is 43.0 Å². The third kappa shape index (κ3) is 2.64. The summed E-state index contributed by atoms with van der Waals surface area (Å²) in [6, 6.07) is 2.36. The van der Waals surface area contributed by atoms with E-state index in [4.69, 9.17) is 9.52 Å². The van der Waals surface area contributed by atoms with Gasteiger partial charge in [0, 0.05) is 24.4 Å². The number of fused-ring (bicyclic) bond motifs is 1. The van der Waals surface area contributed by atoms with Gasteiger partial charge in [0.25, 0.3) is 0 Å². The molecule has 1 aliphatic rings. The average molecular weight is 223 g/mol. The molecule has 16 heavy (non-hydrogen) atoms. The Morgan fingerprint density at radius 2 is 2.50 bits per heavy atom. The second-order valence-corrected chi connectivity index (χ2v) is 4.20. The van der Waals surface area contributed by atoms with Crippen LogP contribution in [-0.2, 0) is 11.2 Å². The summed E-state index contributed by atoms with van der Waals surface area (Å²) in [5, 5.41) is 11.9. The van der Waals surface area contributed by atoms with Gasteiger partial charge in [0.15, 0.2) is 0 Å². The highest BCUT2D eigenvalue weighted by Crippen LogP contribution is 2.30. The Balaban J connectivity index is 1.81. The Hall–Kier alpha value is -1.29. The van der Waals surface area contributed by atoms with Crippen LogP contribution in [-0.4, -0.2) is 17.6 Å². The Kier molecular flexibility index (Phi) is 3.62. The highest BCUT2D eigenvalue weighted by molar-refractivity contribution is 5.66. The summed E-state index contributed by atoms with van der Waals surface area (Å²) in [6.07, 6.45) is 5.92. The fourth-order valence-corrected chi connectivity index (χ4v) is 2.21. The van der Waals surface area contributed by atoms with Crippen molar-refractivity contribution in [1.82, 2.24) is 5.32 Å².